The molecule has 0 aliphatic rings. The molecule has 0 aromatic heterocycles. The second-order valence-electron chi connectivity index (χ2n) is 8.15. The number of esters is 1. The molecule has 40 heavy (non-hydrogen) atoms. The lowest BCUT2D eigenvalue weighted by Crippen LogP contribution is -2.38. The Balaban J connectivity index is 1.82. The maximum atomic E-state index is 14.0. The van der Waals surface area contributed by atoms with Crippen LogP contribution in [0.25, 0.3) is 0 Å². The first-order valence-electron chi connectivity index (χ1n) is 11.4. The van der Waals surface area contributed by atoms with E-state index in [9.17, 15) is 34.2 Å². The van der Waals surface area contributed by atoms with E-state index in [2.05, 4.69) is 15.9 Å². The molecular weight excluding hydrogens is 606 g/mol. The van der Waals surface area contributed by atoms with Crippen molar-refractivity contribution >= 4 is 62.9 Å². The molecule has 0 aliphatic carbocycles. The Morgan fingerprint density at radius 1 is 0.650 bits per heavy atom. The molecule has 0 saturated heterocycles. The molecule has 9 nitrogen and oxygen atoms in total. The maximum absolute atomic E-state index is 14.0. The van der Waals surface area contributed by atoms with Gasteiger partial charge in [-0.1, -0.05) is 51.8 Å². The molecule has 4 rings (SSSR count). The standard InChI is InChI=1S/C29H17BrClNO8/c30-16-9-14-24(40-29(39)22-8-4-3-7-21(22)28(37)38)23(15-16)26(34)32(18-12-10-17(31)11-13-18)25(33)19-5-1-2-6-20(19)27(35)36/h1-15H,(H,35,36)(H,37,38). The number of carboxylic acids is 2. The smallest absolute Gasteiger partial charge is 0.344 e. The first kappa shape index (κ1) is 28.2. The molecule has 0 heterocycles. The van der Waals surface area contributed by atoms with Gasteiger partial charge in [0.05, 0.1) is 33.5 Å². The first-order chi connectivity index (χ1) is 19.1. The summed E-state index contributed by atoms with van der Waals surface area (Å²) in [6.45, 7) is 0. The molecule has 0 bridgehead atoms. The van der Waals surface area contributed by atoms with Crippen LogP contribution < -0.4 is 9.64 Å². The third-order valence-corrected chi connectivity index (χ3v) is 6.38. The monoisotopic (exact) mass is 621 g/mol. The van der Waals surface area contributed by atoms with Gasteiger partial charge in [-0.3, -0.25) is 9.59 Å². The lowest BCUT2D eigenvalue weighted by atomic mass is 10.0. The summed E-state index contributed by atoms with van der Waals surface area (Å²) < 4.78 is 5.85. The summed E-state index contributed by atoms with van der Waals surface area (Å²) in [6, 6.07) is 20.6. The van der Waals surface area contributed by atoms with E-state index in [0.717, 1.165) is 4.90 Å². The normalized spacial score (nSPS) is 10.4. The van der Waals surface area contributed by atoms with Gasteiger partial charge >= 0.3 is 17.9 Å². The van der Waals surface area contributed by atoms with Crippen LogP contribution >= 0.6 is 27.5 Å². The Kier molecular flexibility index (Phi) is 8.42. The van der Waals surface area contributed by atoms with Crippen molar-refractivity contribution in [1.29, 1.82) is 0 Å². The van der Waals surface area contributed by atoms with Crippen LogP contribution in [0, 0.1) is 0 Å². The fourth-order valence-corrected chi connectivity index (χ4v) is 4.26. The summed E-state index contributed by atoms with van der Waals surface area (Å²) in [5, 5.41) is 19.4. The first-order valence-corrected chi connectivity index (χ1v) is 12.6. The minimum Gasteiger partial charge on any atom is -0.478 e. The van der Waals surface area contributed by atoms with E-state index in [4.69, 9.17) is 16.3 Å². The van der Waals surface area contributed by atoms with Crippen molar-refractivity contribution in [2.45, 2.75) is 0 Å². The summed E-state index contributed by atoms with van der Waals surface area (Å²) in [5.74, 6) is -5.95. The van der Waals surface area contributed by atoms with E-state index in [0.29, 0.717) is 9.50 Å². The number of halogens is 2. The highest BCUT2D eigenvalue weighted by molar-refractivity contribution is 9.10. The molecule has 4 aromatic carbocycles. The van der Waals surface area contributed by atoms with Gasteiger partial charge in [-0.25, -0.2) is 19.3 Å². The molecule has 0 radical (unpaired) electrons. The van der Waals surface area contributed by atoms with E-state index < -0.39 is 29.7 Å². The zero-order valence-electron chi connectivity index (χ0n) is 20.2. The van der Waals surface area contributed by atoms with E-state index in [1.165, 1.54) is 91.0 Å². The number of benzene rings is 4. The highest BCUT2D eigenvalue weighted by Gasteiger charge is 2.31. The molecule has 0 atom stereocenters. The molecule has 0 aliphatic heterocycles. The number of carbonyl (C=O) groups is 5. The van der Waals surface area contributed by atoms with Crippen LogP contribution in [-0.2, 0) is 0 Å². The van der Waals surface area contributed by atoms with E-state index in [1.54, 1.807) is 0 Å². The van der Waals surface area contributed by atoms with E-state index in [-0.39, 0.29) is 39.3 Å². The van der Waals surface area contributed by atoms with Gasteiger partial charge in [0.2, 0.25) is 0 Å². The van der Waals surface area contributed by atoms with Gasteiger partial charge in [0.1, 0.15) is 5.75 Å². The molecule has 11 heteroatoms. The Bertz CT molecular complexity index is 1670. The molecule has 4 aromatic rings. The quantitative estimate of drug-likeness (QED) is 0.141. The minimum absolute atomic E-state index is 0.0630. The lowest BCUT2D eigenvalue weighted by Gasteiger charge is -2.23. The maximum Gasteiger partial charge on any atom is 0.344 e. The summed E-state index contributed by atoms with van der Waals surface area (Å²) in [5.41, 5.74) is -1.33. The highest BCUT2D eigenvalue weighted by Crippen LogP contribution is 2.30. The topological polar surface area (TPSA) is 138 Å². The molecular formula is C29H17BrClNO8. The number of anilines is 1. The molecule has 2 amide bonds. The fraction of sp³-hybridized carbons (Fsp3) is 0. The van der Waals surface area contributed by atoms with Gasteiger partial charge in [0, 0.05) is 9.50 Å². The van der Waals surface area contributed by atoms with Crippen LogP contribution in [0.1, 0.15) is 51.8 Å². The number of ether oxygens (including phenoxy) is 1. The average Bonchev–Trinajstić information content (AvgIpc) is 2.94. The molecule has 0 spiro atoms. The molecule has 0 unspecified atom stereocenters. The van der Waals surface area contributed by atoms with Crippen molar-refractivity contribution in [3.8, 4) is 5.75 Å². The highest BCUT2D eigenvalue weighted by atomic mass is 79.9. The van der Waals surface area contributed by atoms with Gasteiger partial charge in [0.15, 0.2) is 0 Å². The van der Waals surface area contributed by atoms with Crippen LogP contribution in [0.15, 0.2) is 95.5 Å². The van der Waals surface area contributed by atoms with Crippen LogP contribution in [0.4, 0.5) is 5.69 Å². The predicted molar refractivity (Wildman–Crippen MR) is 148 cm³/mol. The zero-order valence-corrected chi connectivity index (χ0v) is 22.5. The number of amides is 2. The number of rotatable bonds is 7. The van der Waals surface area contributed by atoms with Crippen molar-refractivity contribution < 1.29 is 38.9 Å². The molecule has 2 N–H and O–H groups in total. The number of aromatic carboxylic acids is 2. The Labute approximate surface area is 240 Å². The Hall–Kier alpha value is -4.80. The second kappa shape index (κ2) is 11.9. The largest absolute Gasteiger partial charge is 0.478 e. The van der Waals surface area contributed by atoms with Gasteiger partial charge in [0.25, 0.3) is 11.8 Å². The van der Waals surface area contributed by atoms with Gasteiger partial charge in [-0.05, 0) is 66.7 Å². The lowest BCUT2D eigenvalue weighted by molar-refractivity contribution is 0.0666. The summed E-state index contributed by atoms with van der Waals surface area (Å²) in [6.07, 6.45) is 0. The van der Waals surface area contributed by atoms with Gasteiger partial charge < -0.3 is 14.9 Å². The molecule has 0 fully saturated rings. The fourth-order valence-electron chi connectivity index (χ4n) is 3.77. The van der Waals surface area contributed by atoms with E-state index in [1.807, 2.05) is 0 Å². The van der Waals surface area contributed by atoms with Gasteiger partial charge in [-0.2, -0.15) is 0 Å². The van der Waals surface area contributed by atoms with Crippen molar-refractivity contribution in [2.75, 3.05) is 4.90 Å². The van der Waals surface area contributed by atoms with E-state index >= 15 is 0 Å². The number of hydrogen-bond acceptors (Lipinski definition) is 6. The predicted octanol–water partition coefficient (Wildman–Crippen LogP) is 6.21. The van der Waals surface area contributed by atoms with Crippen LogP contribution in [0.3, 0.4) is 0 Å². The Morgan fingerprint density at radius 2 is 1.15 bits per heavy atom. The van der Waals surface area contributed by atoms with Crippen molar-refractivity contribution in [2.24, 2.45) is 0 Å². The van der Waals surface area contributed by atoms with Crippen LogP contribution in [-0.4, -0.2) is 39.9 Å². The number of imide groups is 1. The average molecular weight is 623 g/mol. The second-order valence-corrected chi connectivity index (χ2v) is 9.51. The summed E-state index contributed by atoms with van der Waals surface area (Å²) in [7, 11) is 0. The number of carbonyl (C=O) groups excluding carboxylic acids is 3. The SMILES string of the molecule is O=C(O)c1ccccc1C(=O)Oc1ccc(Br)cc1C(=O)N(C(=O)c1ccccc1C(=O)O)c1ccc(Cl)cc1. The summed E-state index contributed by atoms with van der Waals surface area (Å²) >= 11 is 9.27. The third kappa shape index (κ3) is 5.93. The van der Waals surface area contributed by atoms with Crippen molar-refractivity contribution in [1.82, 2.24) is 0 Å². The van der Waals surface area contributed by atoms with Crippen molar-refractivity contribution in [3.05, 3.63) is 128 Å². The Morgan fingerprint density at radius 3 is 1.73 bits per heavy atom. The van der Waals surface area contributed by atoms with Crippen molar-refractivity contribution in [3.63, 3.8) is 0 Å². The minimum atomic E-state index is -1.37. The molecule has 0 saturated carbocycles. The number of carboxylic acid groups (broad SMARTS) is 2. The van der Waals surface area contributed by atoms with Crippen LogP contribution in [0.5, 0.6) is 5.75 Å². The summed E-state index contributed by atoms with van der Waals surface area (Å²) in [4.78, 5) is 64.9. The number of nitrogens with zero attached hydrogens (tertiary/aromatic N) is 1. The number of hydrogen-bond donors (Lipinski definition) is 2. The van der Waals surface area contributed by atoms with Gasteiger partial charge in [-0.15, -0.1) is 0 Å². The molecule has 200 valence electrons. The van der Waals surface area contributed by atoms with Crippen LogP contribution in [0.2, 0.25) is 5.02 Å². The third-order valence-electron chi connectivity index (χ3n) is 5.63. The zero-order chi connectivity index (χ0) is 29.0.